The van der Waals surface area contributed by atoms with Gasteiger partial charge in [-0.1, -0.05) is 36.4 Å². The fourth-order valence-corrected chi connectivity index (χ4v) is 3.38. The number of rotatable bonds is 4. The first-order valence-corrected chi connectivity index (χ1v) is 9.62. The minimum atomic E-state index is -0.262. The van der Waals surface area contributed by atoms with Crippen molar-refractivity contribution in [2.45, 2.75) is 0 Å². The molecular weight excluding hydrogens is 364 g/mol. The minimum absolute atomic E-state index is 0.146. The molecule has 0 unspecified atom stereocenters. The number of nitrogens with one attached hydrogen (secondary N) is 1. The molecule has 0 saturated carbocycles. The van der Waals surface area contributed by atoms with Crippen molar-refractivity contribution in [2.75, 3.05) is 36.4 Å². The van der Waals surface area contributed by atoms with E-state index in [2.05, 4.69) is 27.3 Å². The second-order valence-corrected chi connectivity index (χ2v) is 6.86. The van der Waals surface area contributed by atoms with Crippen molar-refractivity contribution in [1.82, 2.24) is 9.88 Å². The lowest BCUT2D eigenvalue weighted by atomic mass is 10.1. The molecule has 0 bridgehead atoms. The zero-order valence-corrected chi connectivity index (χ0v) is 16.0. The number of carbonyl (C=O) groups excluding carboxylic acids is 2. The lowest BCUT2D eigenvalue weighted by Crippen LogP contribution is -2.49. The van der Waals surface area contributed by atoms with E-state index < -0.39 is 0 Å². The maximum absolute atomic E-state index is 12.9. The zero-order chi connectivity index (χ0) is 20.1. The van der Waals surface area contributed by atoms with Crippen LogP contribution in [0.4, 0.5) is 11.4 Å². The molecule has 0 atom stereocenters. The molecule has 1 N–H and O–H groups in total. The minimum Gasteiger partial charge on any atom is -0.368 e. The Labute approximate surface area is 169 Å². The number of aromatic nitrogens is 1. The van der Waals surface area contributed by atoms with Crippen LogP contribution in [0.2, 0.25) is 0 Å². The molecule has 29 heavy (non-hydrogen) atoms. The maximum Gasteiger partial charge on any atom is 0.272 e. The highest BCUT2D eigenvalue weighted by Crippen LogP contribution is 2.17. The van der Waals surface area contributed by atoms with Gasteiger partial charge in [-0.2, -0.15) is 0 Å². The van der Waals surface area contributed by atoms with E-state index >= 15 is 0 Å². The number of amides is 2. The number of para-hydroxylation sites is 2. The molecule has 1 saturated heterocycles. The van der Waals surface area contributed by atoms with Crippen molar-refractivity contribution >= 4 is 23.2 Å². The third kappa shape index (κ3) is 4.43. The molecule has 2 aromatic carbocycles. The Morgan fingerprint density at radius 2 is 1.48 bits per heavy atom. The highest BCUT2D eigenvalue weighted by molar-refractivity contribution is 6.05. The second-order valence-electron chi connectivity index (χ2n) is 6.86. The van der Waals surface area contributed by atoms with E-state index in [9.17, 15) is 9.59 Å². The van der Waals surface area contributed by atoms with Crippen LogP contribution in [0, 0.1) is 0 Å². The predicted octanol–water partition coefficient (Wildman–Crippen LogP) is 3.30. The van der Waals surface area contributed by atoms with Crippen LogP contribution < -0.4 is 10.2 Å². The topological polar surface area (TPSA) is 65.5 Å². The van der Waals surface area contributed by atoms with E-state index in [0.717, 1.165) is 18.8 Å². The highest BCUT2D eigenvalue weighted by Gasteiger charge is 2.23. The van der Waals surface area contributed by atoms with Crippen LogP contribution in [0.5, 0.6) is 0 Å². The summed E-state index contributed by atoms with van der Waals surface area (Å²) in [7, 11) is 0. The third-order valence-corrected chi connectivity index (χ3v) is 4.96. The molecule has 1 aromatic heterocycles. The number of hydrogen-bond donors (Lipinski definition) is 1. The summed E-state index contributed by atoms with van der Waals surface area (Å²) in [5, 5.41) is 2.83. The molecule has 4 rings (SSSR count). The molecule has 146 valence electrons. The molecule has 6 heteroatoms. The third-order valence-electron chi connectivity index (χ3n) is 4.96. The molecule has 1 aliphatic rings. The van der Waals surface area contributed by atoms with Crippen LogP contribution in [0.25, 0.3) is 0 Å². The summed E-state index contributed by atoms with van der Waals surface area (Å²) in [6.07, 6.45) is 1.51. The molecule has 3 aromatic rings. The van der Waals surface area contributed by atoms with Crippen LogP contribution in [0.1, 0.15) is 20.8 Å². The molecule has 0 spiro atoms. The van der Waals surface area contributed by atoms with E-state index in [4.69, 9.17) is 0 Å². The standard InChI is InChI=1S/C23H22N4O2/c28-22(25-19-7-3-1-4-8-19)18-11-12-24-21(17-18)23(29)27-15-13-26(14-16-27)20-9-5-2-6-10-20/h1-12,17H,13-16H2,(H,25,28). The van der Waals surface area contributed by atoms with Gasteiger partial charge in [0.05, 0.1) is 0 Å². The molecule has 0 aliphatic carbocycles. The summed E-state index contributed by atoms with van der Waals surface area (Å²) in [5.41, 5.74) is 2.57. The Bertz CT molecular complexity index is 984. The van der Waals surface area contributed by atoms with Gasteiger partial charge in [0.2, 0.25) is 0 Å². The monoisotopic (exact) mass is 386 g/mol. The summed E-state index contributed by atoms with van der Waals surface area (Å²) in [4.78, 5) is 33.6. The quantitative estimate of drug-likeness (QED) is 0.747. The fraction of sp³-hybridized carbons (Fsp3) is 0.174. The number of pyridine rings is 1. The van der Waals surface area contributed by atoms with E-state index in [1.807, 2.05) is 48.5 Å². The van der Waals surface area contributed by atoms with Crippen LogP contribution in [-0.4, -0.2) is 47.9 Å². The maximum atomic E-state index is 12.9. The van der Waals surface area contributed by atoms with E-state index in [0.29, 0.717) is 30.0 Å². The number of nitrogens with zero attached hydrogens (tertiary/aromatic N) is 3. The van der Waals surface area contributed by atoms with Crippen molar-refractivity contribution in [3.8, 4) is 0 Å². The molecular formula is C23H22N4O2. The lowest BCUT2D eigenvalue weighted by Gasteiger charge is -2.36. The van der Waals surface area contributed by atoms with E-state index in [1.54, 1.807) is 17.0 Å². The van der Waals surface area contributed by atoms with E-state index in [-0.39, 0.29) is 11.8 Å². The first kappa shape index (κ1) is 18.7. The van der Waals surface area contributed by atoms with Gasteiger partial charge < -0.3 is 15.1 Å². The van der Waals surface area contributed by atoms with Gasteiger partial charge in [0.25, 0.3) is 11.8 Å². The fourth-order valence-electron chi connectivity index (χ4n) is 3.38. The Morgan fingerprint density at radius 1 is 0.828 bits per heavy atom. The second kappa shape index (κ2) is 8.56. The van der Waals surface area contributed by atoms with E-state index in [1.165, 1.54) is 6.20 Å². The summed E-state index contributed by atoms with van der Waals surface area (Å²) in [6, 6.07) is 22.6. The zero-order valence-electron chi connectivity index (χ0n) is 16.0. The molecule has 2 amide bonds. The van der Waals surface area contributed by atoms with Gasteiger partial charge in [-0.3, -0.25) is 14.6 Å². The van der Waals surface area contributed by atoms with Crippen LogP contribution in [-0.2, 0) is 0 Å². The SMILES string of the molecule is O=C(Nc1ccccc1)c1ccnc(C(=O)N2CCN(c3ccccc3)CC2)c1. The van der Waals surface area contributed by atoms with Crippen LogP contribution >= 0.6 is 0 Å². The Kier molecular flexibility index (Phi) is 5.52. The van der Waals surface area contributed by atoms with Crippen molar-refractivity contribution < 1.29 is 9.59 Å². The van der Waals surface area contributed by atoms with Gasteiger partial charge in [-0.05, 0) is 36.4 Å². The summed E-state index contributed by atoms with van der Waals surface area (Å²) in [5.74, 6) is -0.409. The average Bonchev–Trinajstić information content (AvgIpc) is 2.80. The number of hydrogen-bond acceptors (Lipinski definition) is 4. The summed E-state index contributed by atoms with van der Waals surface area (Å²) < 4.78 is 0. The first-order chi connectivity index (χ1) is 14.2. The number of carbonyl (C=O) groups is 2. The first-order valence-electron chi connectivity index (χ1n) is 9.62. The largest absolute Gasteiger partial charge is 0.368 e. The van der Waals surface area contributed by atoms with Gasteiger partial charge in [0.15, 0.2) is 0 Å². The Balaban J connectivity index is 1.40. The Morgan fingerprint density at radius 3 is 2.17 bits per heavy atom. The highest BCUT2D eigenvalue weighted by atomic mass is 16.2. The number of anilines is 2. The smallest absolute Gasteiger partial charge is 0.272 e. The molecule has 0 radical (unpaired) electrons. The van der Waals surface area contributed by atoms with Gasteiger partial charge in [0, 0.05) is 49.3 Å². The normalized spacial score (nSPS) is 13.8. The van der Waals surface area contributed by atoms with Crippen molar-refractivity contribution in [3.05, 3.63) is 90.3 Å². The van der Waals surface area contributed by atoms with Gasteiger partial charge in [-0.25, -0.2) is 0 Å². The van der Waals surface area contributed by atoms with Crippen LogP contribution in [0.15, 0.2) is 79.0 Å². The Hall–Kier alpha value is -3.67. The predicted molar refractivity (Wildman–Crippen MR) is 113 cm³/mol. The van der Waals surface area contributed by atoms with Crippen LogP contribution in [0.3, 0.4) is 0 Å². The average molecular weight is 386 g/mol. The summed E-state index contributed by atoms with van der Waals surface area (Å²) in [6.45, 7) is 2.78. The van der Waals surface area contributed by atoms with Crippen molar-refractivity contribution in [2.24, 2.45) is 0 Å². The lowest BCUT2D eigenvalue weighted by molar-refractivity contribution is 0.0741. The molecule has 1 fully saturated rings. The van der Waals surface area contributed by atoms with Crippen molar-refractivity contribution in [3.63, 3.8) is 0 Å². The van der Waals surface area contributed by atoms with Gasteiger partial charge in [0.1, 0.15) is 5.69 Å². The summed E-state index contributed by atoms with van der Waals surface area (Å²) >= 11 is 0. The van der Waals surface area contributed by atoms with Gasteiger partial charge in [-0.15, -0.1) is 0 Å². The molecule has 1 aliphatic heterocycles. The molecule has 6 nitrogen and oxygen atoms in total. The number of piperazine rings is 1. The molecule has 2 heterocycles. The van der Waals surface area contributed by atoms with Gasteiger partial charge >= 0.3 is 0 Å². The number of benzene rings is 2. The van der Waals surface area contributed by atoms with Crippen molar-refractivity contribution in [1.29, 1.82) is 0 Å².